The quantitative estimate of drug-likeness (QED) is 0.636. The maximum Gasteiger partial charge on any atom is 0.312 e. The molecular weight excluding hydrogens is 274 g/mol. The minimum Gasteiger partial charge on any atom is -0.370 e. The highest BCUT2D eigenvalue weighted by atomic mass is 16.6. The lowest BCUT2D eigenvalue weighted by Crippen LogP contribution is -2.46. The van der Waals surface area contributed by atoms with Gasteiger partial charge in [0.1, 0.15) is 6.07 Å². The van der Waals surface area contributed by atoms with Gasteiger partial charge < -0.3 is 16.0 Å². The van der Waals surface area contributed by atoms with Gasteiger partial charge in [0.15, 0.2) is 0 Å². The molecule has 110 valence electrons. The van der Waals surface area contributed by atoms with Gasteiger partial charge in [0.25, 0.3) is 5.69 Å². The van der Waals surface area contributed by atoms with Gasteiger partial charge in [0.2, 0.25) is 0 Å². The van der Waals surface area contributed by atoms with Gasteiger partial charge in [-0.1, -0.05) is 0 Å². The van der Waals surface area contributed by atoms with E-state index in [0.717, 1.165) is 0 Å². The van der Waals surface area contributed by atoms with Crippen LogP contribution in [-0.2, 0) is 0 Å². The van der Waals surface area contributed by atoms with Crippen LogP contribution in [0.4, 0.5) is 16.2 Å². The highest BCUT2D eigenvalue weighted by Gasteiger charge is 2.22. The summed E-state index contributed by atoms with van der Waals surface area (Å²) in [6.07, 6.45) is 1.43. The van der Waals surface area contributed by atoms with Crippen LogP contribution in [0.3, 0.4) is 0 Å². The number of non-ortho nitro benzene ring substituents is 1. The number of nitrogens with zero attached hydrogens (tertiary/aromatic N) is 3. The first-order valence-electron chi connectivity index (χ1n) is 6.50. The molecule has 2 amide bonds. The largest absolute Gasteiger partial charge is 0.370 e. The van der Waals surface area contributed by atoms with Crippen LogP contribution in [-0.4, -0.2) is 30.1 Å². The summed E-state index contributed by atoms with van der Waals surface area (Å²) in [4.78, 5) is 23.0. The lowest BCUT2D eigenvalue weighted by atomic mass is 10.0. The first-order chi connectivity index (χ1) is 10.0. The molecule has 21 heavy (non-hydrogen) atoms. The highest BCUT2D eigenvalue weighted by molar-refractivity contribution is 5.72. The summed E-state index contributed by atoms with van der Waals surface area (Å²) < 4.78 is 0. The van der Waals surface area contributed by atoms with Crippen molar-refractivity contribution >= 4 is 17.4 Å². The molecule has 0 atom stereocenters. The van der Waals surface area contributed by atoms with Gasteiger partial charge in [-0.25, -0.2) is 4.79 Å². The molecule has 1 aromatic carbocycles. The van der Waals surface area contributed by atoms with Crippen LogP contribution in [0.1, 0.15) is 18.4 Å². The third kappa shape index (κ3) is 3.39. The second kappa shape index (κ2) is 6.09. The average molecular weight is 289 g/mol. The smallest absolute Gasteiger partial charge is 0.312 e. The summed E-state index contributed by atoms with van der Waals surface area (Å²) in [7, 11) is 0. The van der Waals surface area contributed by atoms with Gasteiger partial charge >= 0.3 is 6.03 Å². The first kappa shape index (κ1) is 14.6. The number of urea groups is 1. The maximum absolute atomic E-state index is 10.8. The van der Waals surface area contributed by atoms with E-state index in [0.29, 0.717) is 31.6 Å². The number of nitro groups is 1. The Labute approximate surface area is 121 Å². The molecule has 3 N–H and O–H groups in total. The van der Waals surface area contributed by atoms with E-state index < -0.39 is 11.0 Å². The Bertz CT molecular complexity index is 602. The van der Waals surface area contributed by atoms with E-state index in [1.807, 2.05) is 11.0 Å². The number of nitro benzene ring substituents is 1. The van der Waals surface area contributed by atoms with Crippen molar-refractivity contribution in [1.82, 2.24) is 5.32 Å². The van der Waals surface area contributed by atoms with E-state index >= 15 is 0 Å². The molecule has 0 bridgehead atoms. The van der Waals surface area contributed by atoms with Crippen molar-refractivity contribution in [2.75, 3.05) is 18.0 Å². The van der Waals surface area contributed by atoms with Crippen LogP contribution in [0.15, 0.2) is 18.2 Å². The summed E-state index contributed by atoms with van der Waals surface area (Å²) in [5.74, 6) is 0. The number of rotatable bonds is 3. The first-order valence-corrected chi connectivity index (χ1v) is 6.50. The molecule has 0 radical (unpaired) electrons. The molecule has 1 aliphatic rings. The topological polar surface area (TPSA) is 125 Å². The molecular formula is C13H15N5O3. The molecule has 8 heteroatoms. The predicted molar refractivity (Wildman–Crippen MR) is 75.8 cm³/mol. The highest BCUT2D eigenvalue weighted by Crippen LogP contribution is 2.27. The Balaban J connectivity index is 2.12. The molecule has 0 unspecified atom stereocenters. The molecule has 8 nitrogen and oxygen atoms in total. The Morgan fingerprint density at radius 1 is 1.48 bits per heavy atom. The molecule has 0 aromatic heterocycles. The number of benzene rings is 1. The van der Waals surface area contributed by atoms with E-state index in [9.17, 15) is 14.9 Å². The molecule has 0 spiro atoms. The molecule has 2 rings (SSSR count). The summed E-state index contributed by atoms with van der Waals surface area (Å²) >= 11 is 0. The number of anilines is 1. The van der Waals surface area contributed by atoms with Crippen LogP contribution in [0, 0.1) is 21.4 Å². The normalized spacial score (nSPS) is 15.3. The van der Waals surface area contributed by atoms with E-state index in [1.54, 1.807) is 6.07 Å². The number of nitrogens with one attached hydrogen (secondary N) is 1. The molecule has 1 fully saturated rings. The van der Waals surface area contributed by atoms with E-state index in [2.05, 4.69) is 5.32 Å². The number of amides is 2. The Kier molecular flexibility index (Phi) is 4.23. The molecule has 1 heterocycles. The minimum atomic E-state index is -0.540. The molecule has 1 aliphatic heterocycles. The van der Waals surface area contributed by atoms with Crippen LogP contribution in [0.25, 0.3) is 0 Å². The number of carbonyl (C=O) groups excluding carboxylic acids is 1. The van der Waals surface area contributed by atoms with Gasteiger partial charge in [-0.15, -0.1) is 0 Å². The zero-order valence-corrected chi connectivity index (χ0v) is 11.3. The van der Waals surface area contributed by atoms with Crippen molar-refractivity contribution < 1.29 is 9.72 Å². The number of primary amides is 1. The van der Waals surface area contributed by atoms with Crippen molar-refractivity contribution in [2.24, 2.45) is 5.73 Å². The average Bonchev–Trinajstić information content (AvgIpc) is 2.46. The Hall–Kier alpha value is -2.82. The zero-order chi connectivity index (χ0) is 15.4. The fourth-order valence-corrected chi connectivity index (χ4v) is 2.47. The number of hydrogen-bond acceptors (Lipinski definition) is 5. The molecule has 1 aromatic rings. The van der Waals surface area contributed by atoms with Gasteiger partial charge in [0.05, 0.1) is 16.2 Å². The van der Waals surface area contributed by atoms with E-state index in [1.165, 1.54) is 12.1 Å². The van der Waals surface area contributed by atoms with Crippen molar-refractivity contribution in [1.29, 1.82) is 5.26 Å². The van der Waals surface area contributed by atoms with Gasteiger partial charge in [-0.05, 0) is 18.9 Å². The van der Waals surface area contributed by atoms with Crippen molar-refractivity contribution in [3.8, 4) is 6.07 Å². The summed E-state index contributed by atoms with van der Waals surface area (Å²) in [5.41, 5.74) is 5.96. The SMILES string of the molecule is N#Cc1cc([N+](=O)[O-])ccc1N1CCC(NC(N)=O)CC1. The van der Waals surface area contributed by atoms with Gasteiger partial charge in [-0.3, -0.25) is 10.1 Å². The molecule has 0 saturated carbocycles. The second-order valence-electron chi connectivity index (χ2n) is 4.84. The summed E-state index contributed by atoms with van der Waals surface area (Å²) in [6, 6.07) is 5.75. The van der Waals surface area contributed by atoms with Gasteiger partial charge in [0, 0.05) is 31.3 Å². The minimum absolute atomic E-state index is 0.0299. The molecule has 1 saturated heterocycles. The second-order valence-corrected chi connectivity index (χ2v) is 4.84. The fraction of sp³-hybridized carbons (Fsp3) is 0.385. The van der Waals surface area contributed by atoms with Crippen LogP contribution >= 0.6 is 0 Å². The van der Waals surface area contributed by atoms with Gasteiger partial charge in [-0.2, -0.15) is 5.26 Å². The van der Waals surface area contributed by atoms with Crippen molar-refractivity contribution in [2.45, 2.75) is 18.9 Å². The standard InChI is InChI=1S/C13H15N5O3/c14-8-9-7-11(18(20)21)1-2-12(9)17-5-3-10(4-6-17)16-13(15)19/h1-2,7,10H,3-6H2,(H3,15,16,19). The Morgan fingerprint density at radius 2 is 2.14 bits per heavy atom. The zero-order valence-electron chi connectivity index (χ0n) is 11.3. The van der Waals surface area contributed by atoms with Crippen molar-refractivity contribution in [3.63, 3.8) is 0 Å². The lowest BCUT2D eigenvalue weighted by molar-refractivity contribution is -0.384. The summed E-state index contributed by atoms with van der Waals surface area (Å²) in [6.45, 7) is 1.30. The monoisotopic (exact) mass is 289 g/mol. The van der Waals surface area contributed by atoms with Crippen LogP contribution in [0.2, 0.25) is 0 Å². The third-order valence-electron chi connectivity index (χ3n) is 3.49. The van der Waals surface area contributed by atoms with E-state index in [4.69, 9.17) is 11.0 Å². The van der Waals surface area contributed by atoms with E-state index in [-0.39, 0.29) is 17.3 Å². The number of hydrogen-bond donors (Lipinski definition) is 2. The van der Waals surface area contributed by atoms with Crippen LogP contribution < -0.4 is 16.0 Å². The number of piperidine rings is 1. The number of nitrogens with two attached hydrogens (primary N) is 1. The third-order valence-corrected chi connectivity index (χ3v) is 3.49. The summed E-state index contributed by atoms with van der Waals surface area (Å²) in [5, 5.41) is 22.6. The molecule has 0 aliphatic carbocycles. The number of carbonyl (C=O) groups is 1. The van der Waals surface area contributed by atoms with Crippen molar-refractivity contribution in [3.05, 3.63) is 33.9 Å². The Morgan fingerprint density at radius 3 is 2.67 bits per heavy atom. The lowest BCUT2D eigenvalue weighted by Gasteiger charge is -2.34. The van der Waals surface area contributed by atoms with Crippen LogP contribution in [0.5, 0.6) is 0 Å². The fourth-order valence-electron chi connectivity index (χ4n) is 2.47. The number of nitriles is 1. The predicted octanol–water partition coefficient (Wildman–Crippen LogP) is 1.10. The maximum atomic E-state index is 10.8.